The highest BCUT2D eigenvalue weighted by Gasteiger charge is 2.04. The van der Waals surface area contributed by atoms with Crippen molar-refractivity contribution in [2.24, 2.45) is 5.73 Å². The predicted octanol–water partition coefficient (Wildman–Crippen LogP) is 2.93. The van der Waals surface area contributed by atoms with Gasteiger partial charge in [0, 0.05) is 36.2 Å². The minimum absolute atomic E-state index is 0.0373. The minimum atomic E-state index is 0.0373. The molecule has 4 heteroatoms. The molecule has 1 amide bonds. The molecule has 1 aromatic heterocycles. The summed E-state index contributed by atoms with van der Waals surface area (Å²) in [6.07, 6.45) is 6.15. The van der Waals surface area contributed by atoms with Crippen LogP contribution in [0.4, 0.5) is 5.69 Å². The Bertz CT molecular complexity index is 547. The molecule has 0 bridgehead atoms. The van der Waals surface area contributed by atoms with Crippen LogP contribution in [0.1, 0.15) is 26.2 Å². The first kappa shape index (κ1) is 14.3. The van der Waals surface area contributed by atoms with Gasteiger partial charge >= 0.3 is 0 Å². The third-order valence-corrected chi connectivity index (χ3v) is 3.10. The monoisotopic (exact) mass is 271 g/mol. The highest BCUT2D eigenvalue weighted by Crippen LogP contribution is 2.15. The van der Waals surface area contributed by atoms with Crippen LogP contribution in [-0.4, -0.2) is 16.5 Å². The van der Waals surface area contributed by atoms with Gasteiger partial charge in [0.15, 0.2) is 0 Å². The van der Waals surface area contributed by atoms with Crippen molar-refractivity contribution in [2.75, 3.05) is 5.32 Å². The predicted molar refractivity (Wildman–Crippen MR) is 81.9 cm³/mol. The molecule has 0 radical (unpaired) electrons. The van der Waals surface area contributed by atoms with E-state index in [-0.39, 0.29) is 11.9 Å². The Labute approximate surface area is 119 Å². The third-order valence-electron chi connectivity index (χ3n) is 3.10. The summed E-state index contributed by atoms with van der Waals surface area (Å²) < 4.78 is 2.01. The summed E-state index contributed by atoms with van der Waals surface area (Å²) in [5, 5.41) is 2.92. The Balaban J connectivity index is 1.93. The van der Waals surface area contributed by atoms with Gasteiger partial charge in [-0.2, -0.15) is 0 Å². The maximum Gasteiger partial charge on any atom is 0.224 e. The Kier molecular flexibility index (Phi) is 4.96. The van der Waals surface area contributed by atoms with Crippen molar-refractivity contribution in [2.45, 2.75) is 32.2 Å². The fourth-order valence-electron chi connectivity index (χ4n) is 2.06. The van der Waals surface area contributed by atoms with E-state index in [0.29, 0.717) is 6.42 Å². The zero-order valence-corrected chi connectivity index (χ0v) is 11.8. The van der Waals surface area contributed by atoms with Gasteiger partial charge in [-0.25, -0.2) is 0 Å². The van der Waals surface area contributed by atoms with E-state index >= 15 is 0 Å². The quantitative estimate of drug-likeness (QED) is 0.848. The largest absolute Gasteiger partial charge is 0.328 e. The lowest BCUT2D eigenvalue weighted by Crippen LogP contribution is -2.16. The van der Waals surface area contributed by atoms with Gasteiger partial charge in [-0.15, -0.1) is 0 Å². The number of nitrogens with two attached hydrogens (primary N) is 1. The van der Waals surface area contributed by atoms with Crippen molar-refractivity contribution in [1.82, 2.24) is 4.57 Å². The van der Waals surface area contributed by atoms with Crippen molar-refractivity contribution >= 4 is 11.6 Å². The van der Waals surface area contributed by atoms with E-state index in [1.54, 1.807) is 0 Å². The van der Waals surface area contributed by atoms with E-state index < -0.39 is 0 Å². The summed E-state index contributed by atoms with van der Waals surface area (Å²) in [6.45, 7) is 1.96. The molecule has 3 N–H and O–H groups in total. The first-order chi connectivity index (χ1) is 9.65. The summed E-state index contributed by atoms with van der Waals surface area (Å²) in [6, 6.07) is 11.9. The molecule has 1 unspecified atom stereocenters. The Hall–Kier alpha value is -2.07. The van der Waals surface area contributed by atoms with Gasteiger partial charge in [0.25, 0.3) is 0 Å². The van der Waals surface area contributed by atoms with Crippen LogP contribution >= 0.6 is 0 Å². The van der Waals surface area contributed by atoms with Crippen LogP contribution in [0, 0.1) is 0 Å². The van der Waals surface area contributed by atoms with Crippen LogP contribution in [0.3, 0.4) is 0 Å². The summed E-state index contributed by atoms with van der Waals surface area (Å²) in [5.74, 6) is 0.0373. The van der Waals surface area contributed by atoms with Crippen molar-refractivity contribution < 1.29 is 4.79 Å². The third kappa shape index (κ3) is 4.24. The average molecular weight is 271 g/mol. The second-order valence-corrected chi connectivity index (χ2v) is 5.06. The maximum absolute atomic E-state index is 11.8. The molecule has 0 spiro atoms. The highest BCUT2D eigenvalue weighted by molar-refractivity contribution is 5.90. The zero-order chi connectivity index (χ0) is 14.4. The highest BCUT2D eigenvalue weighted by atomic mass is 16.1. The molecule has 0 saturated heterocycles. The number of rotatable bonds is 6. The molecule has 1 heterocycles. The molecular weight excluding hydrogens is 250 g/mol. The molecule has 2 rings (SSSR count). The molecule has 0 fully saturated rings. The van der Waals surface area contributed by atoms with Crippen LogP contribution in [0.25, 0.3) is 5.69 Å². The number of amides is 1. The van der Waals surface area contributed by atoms with Crippen molar-refractivity contribution in [3.63, 3.8) is 0 Å². The van der Waals surface area contributed by atoms with Gasteiger partial charge < -0.3 is 15.6 Å². The SMILES string of the molecule is CC(N)CCCC(=O)Nc1cccc(-n2cccc2)c1. The molecule has 20 heavy (non-hydrogen) atoms. The van der Waals surface area contributed by atoms with Crippen LogP contribution in [0.5, 0.6) is 0 Å². The standard InChI is InChI=1S/C16H21N3O/c1-13(17)6-4-9-16(20)18-14-7-5-8-15(12-14)19-10-2-3-11-19/h2-3,5,7-8,10-13H,4,6,9,17H2,1H3,(H,18,20). The van der Waals surface area contributed by atoms with Gasteiger partial charge in [0.2, 0.25) is 5.91 Å². The molecule has 0 aliphatic carbocycles. The van der Waals surface area contributed by atoms with Crippen molar-refractivity contribution in [3.8, 4) is 5.69 Å². The topological polar surface area (TPSA) is 60.1 Å². The van der Waals surface area contributed by atoms with Gasteiger partial charge in [-0.3, -0.25) is 4.79 Å². The van der Waals surface area contributed by atoms with E-state index in [1.807, 2.05) is 60.3 Å². The molecular formula is C16H21N3O. The molecule has 4 nitrogen and oxygen atoms in total. The smallest absolute Gasteiger partial charge is 0.224 e. The molecule has 1 atom stereocenters. The lowest BCUT2D eigenvalue weighted by Gasteiger charge is -2.09. The van der Waals surface area contributed by atoms with E-state index in [2.05, 4.69) is 5.32 Å². The summed E-state index contributed by atoms with van der Waals surface area (Å²) >= 11 is 0. The first-order valence-electron chi connectivity index (χ1n) is 6.94. The fourth-order valence-corrected chi connectivity index (χ4v) is 2.06. The average Bonchev–Trinajstić information content (AvgIpc) is 2.92. The second-order valence-electron chi connectivity index (χ2n) is 5.06. The fraction of sp³-hybridized carbons (Fsp3) is 0.312. The maximum atomic E-state index is 11.8. The van der Waals surface area contributed by atoms with Crippen LogP contribution < -0.4 is 11.1 Å². The molecule has 1 aromatic carbocycles. The Morgan fingerprint density at radius 1 is 1.30 bits per heavy atom. The molecule has 0 saturated carbocycles. The minimum Gasteiger partial charge on any atom is -0.328 e. The van der Waals surface area contributed by atoms with Crippen molar-refractivity contribution in [3.05, 3.63) is 48.8 Å². The number of anilines is 1. The number of carbonyl (C=O) groups excluding carboxylic acids is 1. The number of aromatic nitrogens is 1. The molecule has 0 aliphatic rings. The second kappa shape index (κ2) is 6.91. The van der Waals surface area contributed by atoms with Gasteiger partial charge in [-0.1, -0.05) is 6.07 Å². The van der Waals surface area contributed by atoms with Crippen LogP contribution in [0.15, 0.2) is 48.8 Å². The summed E-state index contributed by atoms with van der Waals surface area (Å²) in [7, 11) is 0. The van der Waals surface area contributed by atoms with Gasteiger partial charge in [0.05, 0.1) is 0 Å². The summed E-state index contributed by atoms with van der Waals surface area (Å²) in [4.78, 5) is 11.8. The van der Waals surface area contributed by atoms with Gasteiger partial charge in [-0.05, 0) is 50.1 Å². The summed E-state index contributed by atoms with van der Waals surface area (Å²) in [5.41, 5.74) is 7.52. The number of hydrogen-bond donors (Lipinski definition) is 2. The number of hydrogen-bond acceptors (Lipinski definition) is 2. The molecule has 106 valence electrons. The first-order valence-corrected chi connectivity index (χ1v) is 6.94. The van der Waals surface area contributed by atoms with E-state index in [1.165, 1.54) is 0 Å². The van der Waals surface area contributed by atoms with E-state index in [0.717, 1.165) is 24.2 Å². The Morgan fingerprint density at radius 3 is 2.75 bits per heavy atom. The lowest BCUT2D eigenvalue weighted by atomic mass is 10.1. The molecule has 2 aromatic rings. The van der Waals surface area contributed by atoms with E-state index in [9.17, 15) is 4.79 Å². The number of benzene rings is 1. The normalized spacial score (nSPS) is 12.1. The number of nitrogens with zero attached hydrogens (tertiary/aromatic N) is 1. The van der Waals surface area contributed by atoms with E-state index in [4.69, 9.17) is 5.73 Å². The zero-order valence-electron chi connectivity index (χ0n) is 11.8. The number of carbonyl (C=O) groups is 1. The van der Waals surface area contributed by atoms with Crippen LogP contribution in [0.2, 0.25) is 0 Å². The number of nitrogens with one attached hydrogen (secondary N) is 1. The molecule has 0 aliphatic heterocycles. The van der Waals surface area contributed by atoms with Crippen molar-refractivity contribution in [1.29, 1.82) is 0 Å². The van der Waals surface area contributed by atoms with Gasteiger partial charge in [0.1, 0.15) is 0 Å². The van der Waals surface area contributed by atoms with Crippen LogP contribution in [-0.2, 0) is 4.79 Å². The Morgan fingerprint density at radius 2 is 2.05 bits per heavy atom. The lowest BCUT2D eigenvalue weighted by molar-refractivity contribution is -0.116.